The maximum atomic E-state index is 10.8. The number of carbonyl (C=O) groups excluding carboxylic acids is 1. The van der Waals surface area contributed by atoms with Crippen LogP contribution in [0.4, 0.5) is 0 Å². The molecular formula is C8H8ClO+. The fraction of sp³-hybridized carbons (Fsp3) is 0.500. The van der Waals surface area contributed by atoms with Crippen molar-refractivity contribution in [3.63, 3.8) is 0 Å². The van der Waals surface area contributed by atoms with E-state index in [2.05, 4.69) is 12.5 Å². The number of hydrogen-bond donors (Lipinski definition) is 0. The minimum absolute atomic E-state index is 0.0988. The van der Waals surface area contributed by atoms with Crippen molar-refractivity contribution in [3.8, 4) is 0 Å². The molecule has 0 radical (unpaired) electrons. The Kier molecular flexibility index (Phi) is 1.27. The Morgan fingerprint density at radius 1 is 1.70 bits per heavy atom. The van der Waals surface area contributed by atoms with Crippen LogP contribution in [-0.2, 0) is 4.79 Å². The summed E-state index contributed by atoms with van der Waals surface area (Å²) in [5, 5.41) is -0.163. The maximum absolute atomic E-state index is 10.8. The van der Waals surface area contributed by atoms with Gasteiger partial charge in [-0.15, -0.1) is 0 Å². The monoisotopic (exact) mass is 155 g/mol. The van der Waals surface area contributed by atoms with Crippen LogP contribution in [0.5, 0.6) is 0 Å². The molecule has 2 aliphatic carbocycles. The summed E-state index contributed by atoms with van der Waals surface area (Å²) in [5.74, 6) is 0.529. The first-order valence-electron chi connectivity index (χ1n) is 3.49. The Hall–Kier alpha value is -0.430. The van der Waals surface area contributed by atoms with E-state index in [0.717, 1.165) is 12.8 Å². The first-order valence-corrected chi connectivity index (χ1v) is 3.87. The van der Waals surface area contributed by atoms with Gasteiger partial charge in [0.2, 0.25) is 5.24 Å². The fourth-order valence-electron chi connectivity index (χ4n) is 1.81. The molecule has 0 heterocycles. The molecular weight excluding hydrogens is 148 g/mol. The van der Waals surface area contributed by atoms with Crippen LogP contribution < -0.4 is 0 Å². The molecule has 0 spiro atoms. The Labute approximate surface area is 65.1 Å². The standard InChI is InChI=1S/C8H8ClO/c9-8(10)7-4-5-1-2-6(7)3-5/h1-2,6-7H,3-4H2/q+1. The summed E-state index contributed by atoms with van der Waals surface area (Å²) in [6.07, 6.45) is 6.21. The van der Waals surface area contributed by atoms with Gasteiger partial charge in [0.1, 0.15) is 0 Å². The lowest BCUT2D eigenvalue weighted by Gasteiger charge is -2.06. The molecule has 2 unspecified atom stereocenters. The normalized spacial score (nSPS) is 35.5. The number of allylic oxidation sites excluding steroid dienone is 2. The molecule has 0 N–H and O–H groups in total. The SMILES string of the molecule is O=C(Cl)C1CC2=C[CH+]C1C2. The van der Waals surface area contributed by atoms with E-state index < -0.39 is 0 Å². The van der Waals surface area contributed by atoms with E-state index in [-0.39, 0.29) is 11.2 Å². The second-order valence-corrected chi connectivity index (χ2v) is 3.37. The number of fused-ring (bicyclic) bond motifs is 2. The summed E-state index contributed by atoms with van der Waals surface area (Å²) in [6.45, 7) is 0. The van der Waals surface area contributed by atoms with Crippen molar-refractivity contribution >= 4 is 16.8 Å². The van der Waals surface area contributed by atoms with Crippen molar-refractivity contribution in [3.05, 3.63) is 18.1 Å². The average Bonchev–Trinajstić information content (AvgIpc) is 2.44. The molecule has 10 heavy (non-hydrogen) atoms. The van der Waals surface area contributed by atoms with Crippen LogP contribution in [-0.4, -0.2) is 5.24 Å². The molecule has 0 aromatic carbocycles. The summed E-state index contributed by atoms with van der Waals surface area (Å²) >= 11 is 5.39. The zero-order chi connectivity index (χ0) is 7.14. The molecule has 2 bridgehead atoms. The largest absolute Gasteiger partial charge is 0.281 e. The zero-order valence-electron chi connectivity index (χ0n) is 5.51. The highest BCUT2D eigenvalue weighted by Gasteiger charge is 2.45. The summed E-state index contributed by atoms with van der Waals surface area (Å²) < 4.78 is 0. The molecule has 2 rings (SSSR count). The number of hydrogen-bond acceptors (Lipinski definition) is 1. The summed E-state index contributed by atoms with van der Waals surface area (Å²) in [6, 6.07) is 0. The smallest absolute Gasteiger partial charge is 0.229 e. The van der Waals surface area contributed by atoms with Gasteiger partial charge in [-0.25, -0.2) is 0 Å². The van der Waals surface area contributed by atoms with Gasteiger partial charge in [0.15, 0.2) is 0 Å². The molecule has 1 nitrogen and oxygen atoms in total. The Morgan fingerprint density at radius 3 is 2.80 bits per heavy atom. The van der Waals surface area contributed by atoms with Crippen molar-refractivity contribution in [2.45, 2.75) is 12.8 Å². The highest BCUT2D eigenvalue weighted by Crippen LogP contribution is 2.44. The second kappa shape index (κ2) is 2.03. The van der Waals surface area contributed by atoms with Crippen molar-refractivity contribution < 1.29 is 4.79 Å². The van der Waals surface area contributed by atoms with Crippen LogP contribution in [0.15, 0.2) is 11.6 Å². The van der Waals surface area contributed by atoms with E-state index in [4.69, 9.17) is 11.6 Å². The second-order valence-electron chi connectivity index (χ2n) is 3.00. The highest BCUT2D eigenvalue weighted by atomic mass is 35.5. The predicted molar refractivity (Wildman–Crippen MR) is 39.5 cm³/mol. The van der Waals surface area contributed by atoms with Gasteiger partial charge in [0.25, 0.3) is 0 Å². The minimum Gasteiger partial charge on any atom is -0.281 e. The molecule has 0 amide bonds. The van der Waals surface area contributed by atoms with Gasteiger partial charge in [-0.2, -0.15) is 0 Å². The van der Waals surface area contributed by atoms with Gasteiger partial charge in [-0.1, -0.05) is 0 Å². The van der Waals surface area contributed by atoms with Crippen LogP contribution in [0.1, 0.15) is 12.8 Å². The third kappa shape index (κ3) is 0.772. The lowest BCUT2D eigenvalue weighted by molar-refractivity contribution is -0.115. The molecule has 0 aromatic heterocycles. The molecule has 2 heteroatoms. The molecule has 52 valence electrons. The van der Waals surface area contributed by atoms with Crippen molar-refractivity contribution in [1.29, 1.82) is 0 Å². The van der Waals surface area contributed by atoms with E-state index in [0.29, 0.717) is 5.92 Å². The van der Waals surface area contributed by atoms with Gasteiger partial charge >= 0.3 is 0 Å². The lowest BCUT2D eigenvalue weighted by Crippen LogP contribution is -2.14. The van der Waals surface area contributed by atoms with Crippen molar-refractivity contribution in [1.82, 2.24) is 0 Å². The molecule has 2 aliphatic rings. The number of carbonyl (C=O) groups is 1. The van der Waals surface area contributed by atoms with E-state index in [1.165, 1.54) is 5.57 Å². The summed E-state index contributed by atoms with van der Waals surface area (Å²) in [4.78, 5) is 10.8. The zero-order valence-corrected chi connectivity index (χ0v) is 6.27. The summed E-state index contributed by atoms with van der Waals surface area (Å²) in [7, 11) is 0. The van der Waals surface area contributed by atoms with E-state index in [9.17, 15) is 4.79 Å². The van der Waals surface area contributed by atoms with E-state index in [1.807, 2.05) is 0 Å². The van der Waals surface area contributed by atoms with Gasteiger partial charge in [0, 0.05) is 12.8 Å². The lowest BCUT2D eigenvalue weighted by atomic mass is 9.93. The van der Waals surface area contributed by atoms with Crippen LogP contribution in [0.25, 0.3) is 0 Å². The van der Waals surface area contributed by atoms with Gasteiger partial charge in [0.05, 0.1) is 29.9 Å². The van der Waals surface area contributed by atoms with Crippen LogP contribution in [0.2, 0.25) is 0 Å². The maximum Gasteiger partial charge on any atom is 0.229 e. The van der Waals surface area contributed by atoms with Gasteiger partial charge in [-0.3, -0.25) is 4.79 Å². The Bertz CT molecular complexity index is 207. The topological polar surface area (TPSA) is 17.1 Å². The molecule has 0 aliphatic heterocycles. The number of halogens is 1. The highest BCUT2D eigenvalue weighted by molar-refractivity contribution is 6.64. The van der Waals surface area contributed by atoms with Crippen LogP contribution >= 0.6 is 11.6 Å². The first-order chi connectivity index (χ1) is 4.77. The minimum atomic E-state index is -0.163. The average molecular weight is 156 g/mol. The molecule has 0 saturated heterocycles. The van der Waals surface area contributed by atoms with Crippen LogP contribution in [0, 0.1) is 18.3 Å². The fourth-order valence-corrected chi connectivity index (χ4v) is 2.05. The Morgan fingerprint density at radius 2 is 2.50 bits per heavy atom. The van der Waals surface area contributed by atoms with E-state index >= 15 is 0 Å². The van der Waals surface area contributed by atoms with Gasteiger partial charge in [-0.05, 0) is 11.6 Å². The van der Waals surface area contributed by atoms with Gasteiger partial charge < -0.3 is 0 Å². The molecule has 0 aromatic rings. The Balaban J connectivity index is 2.17. The number of rotatable bonds is 1. The van der Waals surface area contributed by atoms with E-state index in [1.54, 1.807) is 0 Å². The van der Waals surface area contributed by atoms with Crippen molar-refractivity contribution in [2.24, 2.45) is 11.8 Å². The molecule has 1 fully saturated rings. The summed E-state index contributed by atoms with van der Waals surface area (Å²) in [5.41, 5.74) is 1.39. The van der Waals surface area contributed by atoms with Crippen molar-refractivity contribution in [2.75, 3.05) is 0 Å². The quantitative estimate of drug-likeness (QED) is 0.418. The third-order valence-electron chi connectivity index (χ3n) is 2.37. The predicted octanol–water partition coefficient (Wildman–Crippen LogP) is 1.92. The van der Waals surface area contributed by atoms with Crippen LogP contribution in [0.3, 0.4) is 0 Å². The molecule has 2 atom stereocenters. The first kappa shape index (κ1) is 6.29. The molecule has 1 saturated carbocycles. The third-order valence-corrected chi connectivity index (χ3v) is 2.65.